The molecular formula is C11H10ClN3O2S. The normalized spacial score (nSPS) is 10.3. The number of rotatable bonds is 4. The van der Waals surface area contributed by atoms with E-state index < -0.39 is 4.92 Å². The predicted molar refractivity (Wildman–Crippen MR) is 72.3 cm³/mol. The van der Waals surface area contributed by atoms with Gasteiger partial charge in [-0.1, -0.05) is 17.7 Å². The van der Waals surface area contributed by atoms with Gasteiger partial charge >= 0.3 is 5.69 Å². The summed E-state index contributed by atoms with van der Waals surface area (Å²) in [5.41, 5.74) is 3.00. The van der Waals surface area contributed by atoms with E-state index in [1.165, 1.54) is 17.4 Å². The van der Waals surface area contributed by atoms with E-state index in [9.17, 15) is 10.1 Å². The molecular weight excluding hydrogens is 274 g/mol. The van der Waals surface area contributed by atoms with Gasteiger partial charge in [-0.15, -0.1) is 11.3 Å². The summed E-state index contributed by atoms with van der Waals surface area (Å²) in [6.07, 6.45) is 0. The van der Waals surface area contributed by atoms with Gasteiger partial charge < -0.3 is 5.32 Å². The van der Waals surface area contributed by atoms with E-state index in [0.29, 0.717) is 12.2 Å². The van der Waals surface area contributed by atoms with E-state index in [4.69, 9.17) is 11.6 Å². The second-order valence-corrected chi connectivity index (χ2v) is 4.95. The molecule has 94 valence electrons. The van der Waals surface area contributed by atoms with Crippen molar-refractivity contribution >= 4 is 34.3 Å². The Kier molecular flexibility index (Phi) is 3.78. The number of nitrogens with one attached hydrogen (secondary N) is 1. The summed E-state index contributed by atoms with van der Waals surface area (Å²) in [6, 6.07) is 4.82. The third kappa shape index (κ3) is 2.60. The van der Waals surface area contributed by atoms with Crippen LogP contribution < -0.4 is 5.32 Å². The van der Waals surface area contributed by atoms with Crippen LogP contribution >= 0.6 is 22.9 Å². The van der Waals surface area contributed by atoms with Crippen molar-refractivity contribution in [3.63, 3.8) is 0 Å². The minimum absolute atomic E-state index is 0.0960. The van der Waals surface area contributed by atoms with Crippen LogP contribution in [0.15, 0.2) is 23.7 Å². The summed E-state index contributed by atoms with van der Waals surface area (Å²) in [6.45, 7) is 2.40. The summed E-state index contributed by atoms with van der Waals surface area (Å²) in [4.78, 5) is 15.6. The molecule has 0 saturated heterocycles. The Balaban J connectivity index is 2.22. The quantitative estimate of drug-likeness (QED) is 0.687. The number of thiazole rings is 1. The number of anilines is 1. The maximum absolute atomic E-state index is 10.9. The van der Waals surface area contributed by atoms with Gasteiger partial charge in [0.2, 0.25) is 0 Å². The van der Waals surface area contributed by atoms with Crippen LogP contribution in [-0.4, -0.2) is 9.91 Å². The van der Waals surface area contributed by atoms with Crippen molar-refractivity contribution < 1.29 is 4.92 Å². The lowest BCUT2D eigenvalue weighted by Gasteiger charge is -2.07. The number of para-hydroxylation sites is 1. The maximum Gasteiger partial charge on any atom is 0.310 e. The van der Waals surface area contributed by atoms with E-state index >= 15 is 0 Å². The summed E-state index contributed by atoms with van der Waals surface area (Å²) >= 11 is 7.34. The molecule has 1 N–H and O–H groups in total. The van der Waals surface area contributed by atoms with Gasteiger partial charge in [-0.05, 0) is 19.1 Å². The first kappa shape index (κ1) is 12.8. The van der Waals surface area contributed by atoms with Crippen molar-refractivity contribution in [1.29, 1.82) is 0 Å². The third-order valence-corrected chi connectivity index (χ3v) is 3.69. The topological polar surface area (TPSA) is 68.1 Å². The van der Waals surface area contributed by atoms with Crippen molar-refractivity contribution in [2.24, 2.45) is 0 Å². The minimum Gasteiger partial charge on any atom is -0.374 e. The van der Waals surface area contributed by atoms with E-state index in [-0.39, 0.29) is 10.7 Å². The molecule has 0 bridgehead atoms. The standard InChI is InChI=1S/C11H10ClN3O2S/c1-7-10(18-6-14-7)5-13-9-4-2-3-8(12)11(9)15(16)17/h2-4,6,13H,5H2,1H3. The number of hydrogen-bond donors (Lipinski definition) is 1. The molecule has 1 aromatic heterocycles. The predicted octanol–water partition coefficient (Wildman–Crippen LogP) is 3.63. The molecule has 2 rings (SSSR count). The summed E-state index contributed by atoms with van der Waals surface area (Å²) in [5.74, 6) is 0. The van der Waals surface area contributed by atoms with Crippen molar-refractivity contribution in [2.45, 2.75) is 13.5 Å². The fraction of sp³-hybridized carbons (Fsp3) is 0.182. The Labute approximate surface area is 113 Å². The van der Waals surface area contributed by atoms with Crippen molar-refractivity contribution in [3.8, 4) is 0 Å². The average molecular weight is 284 g/mol. The van der Waals surface area contributed by atoms with Gasteiger partial charge in [0, 0.05) is 4.88 Å². The first-order valence-corrected chi connectivity index (χ1v) is 6.41. The Morgan fingerprint density at radius 2 is 2.33 bits per heavy atom. The first-order valence-electron chi connectivity index (χ1n) is 5.15. The molecule has 0 saturated carbocycles. The molecule has 0 unspecified atom stereocenters. The molecule has 0 amide bonds. The van der Waals surface area contributed by atoms with Gasteiger partial charge in [0.25, 0.3) is 0 Å². The molecule has 0 radical (unpaired) electrons. The molecule has 1 heterocycles. The van der Waals surface area contributed by atoms with Crippen molar-refractivity contribution in [3.05, 3.63) is 49.4 Å². The van der Waals surface area contributed by atoms with E-state index in [1.807, 2.05) is 6.92 Å². The fourth-order valence-corrected chi connectivity index (χ4v) is 2.48. The number of halogens is 1. The summed E-state index contributed by atoms with van der Waals surface area (Å²) < 4.78 is 0. The molecule has 0 spiro atoms. The Bertz CT molecular complexity index is 585. The molecule has 0 atom stereocenters. The minimum atomic E-state index is -0.482. The average Bonchev–Trinajstić information content (AvgIpc) is 2.71. The third-order valence-electron chi connectivity index (χ3n) is 2.45. The van der Waals surface area contributed by atoms with Crippen LogP contribution in [0.25, 0.3) is 0 Å². The second-order valence-electron chi connectivity index (χ2n) is 3.61. The summed E-state index contributed by atoms with van der Waals surface area (Å²) in [5, 5.41) is 14.1. The van der Waals surface area contributed by atoms with Gasteiger partial charge in [-0.25, -0.2) is 4.98 Å². The van der Waals surface area contributed by atoms with Crippen molar-refractivity contribution in [1.82, 2.24) is 4.98 Å². The van der Waals surface area contributed by atoms with Gasteiger partial charge in [0.1, 0.15) is 10.7 Å². The van der Waals surface area contributed by atoms with Gasteiger partial charge in [0.15, 0.2) is 0 Å². The van der Waals surface area contributed by atoms with Crippen LogP contribution in [0.2, 0.25) is 5.02 Å². The Morgan fingerprint density at radius 3 is 2.94 bits per heavy atom. The van der Waals surface area contributed by atoms with Crippen LogP contribution in [0.1, 0.15) is 10.6 Å². The summed E-state index contributed by atoms with van der Waals surface area (Å²) in [7, 11) is 0. The number of nitrogens with zero attached hydrogens (tertiary/aromatic N) is 2. The zero-order chi connectivity index (χ0) is 13.1. The lowest BCUT2D eigenvalue weighted by Crippen LogP contribution is -2.02. The highest BCUT2D eigenvalue weighted by Crippen LogP contribution is 2.32. The van der Waals surface area contributed by atoms with Crippen LogP contribution in [0, 0.1) is 17.0 Å². The Hall–Kier alpha value is -1.66. The zero-order valence-corrected chi connectivity index (χ0v) is 11.1. The number of nitro groups is 1. The number of benzene rings is 1. The molecule has 5 nitrogen and oxygen atoms in total. The van der Waals surface area contributed by atoms with Crippen molar-refractivity contribution in [2.75, 3.05) is 5.32 Å². The highest BCUT2D eigenvalue weighted by molar-refractivity contribution is 7.09. The molecule has 0 fully saturated rings. The number of aryl methyl sites for hydroxylation is 1. The van der Waals surface area contributed by atoms with Crippen LogP contribution in [0.3, 0.4) is 0 Å². The smallest absolute Gasteiger partial charge is 0.310 e. The van der Waals surface area contributed by atoms with Crippen LogP contribution in [0.5, 0.6) is 0 Å². The SMILES string of the molecule is Cc1ncsc1CNc1cccc(Cl)c1[N+](=O)[O-]. The van der Waals surface area contributed by atoms with E-state index in [1.54, 1.807) is 17.6 Å². The Morgan fingerprint density at radius 1 is 1.56 bits per heavy atom. The molecule has 18 heavy (non-hydrogen) atoms. The van der Waals surface area contributed by atoms with Gasteiger partial charge in [-0.2, -0.15) is 0 Å². The molecule has 0 aliphatic rings. The fourth-order valence-electron chi connectivity index (χ4n) is 1.51. The van der Waals surface area contributed by atoms with Crippen LogP contribution in [-0.2, 0) is 6.54 Å². The monoisotopic (exact) mass is 283 g/mol. The van der Waals surface area contributed by atoms with E-state index in [0.717, 1.165) is 10.6 Å². The number of hydrogen-bond acceptors (Lipinski definition) is 5. The number of aromatic nitrogens is 1. The molecule has 2 aromatic rings. The molecule has 1 aromatic carbocycles. The molecule has 7 heteroatoms. The van der Waals surface area contributed by atoms with Gasteiger partial charge in [-0.3, -0.25) is 10.1 Å². The maximum atomic E-state index is 10.9. The zero-order valence-electron chi connectivity index (χ0n) is 9.51. The molecule has 0 aliphatic heterocycles. The van der Waals surface area contributed by atoms with E-state index in [2.05, 4.69) is 10.3 Å². The lowest BCUT2D eigenvalue weighted by atomic mass is 10.2. The highest BCUT2D eigenvalue weighted by atomic mass is 35.5. The van der Waals surface area contributed by atoms with Gasteiger partial charge in [0.05, 0.1) is 22.7 Å². The first-order chi connectivity index (χ1) is 8.59. The number of nitro benzene ring substituents is 1. The van der Waals surface area contributed by atoms with Crippen LogP contribution in [0.4, 0.5) is 11.4 Å². The highest BCUT2D eigenvalue weighted by Gasteiger charge is 2.18. The lowest BCUT2D eigenvalue weighted by molar-refractivity contribution is -0.383. The second kappa shape index (κ2) is 5.32. The molecule has 0 aliphatic carbocycles. The largest absolute Gasteiger partial charge is 0.374 e.